The van der Waals surface area contributed by atoms with Crippen LogP contribution in [0.25, 0.3) is 5.95 Å². The van der Waals surface area contributed by atoms with E-state index in [2.05, 4.69) is 25.4 Å². The van der Waals surface area contributed by atoms with Crippen LogP contribution in [0, 0.1) is 5.82 Å². The lowest BCUT2D eigenvalue weighted by Gasteiger charge is -2.25. The zero-order chi connectivity index (χ0) is 24.5. The molecule has 0 saturated carbocycles. The molecule has 0 unspecified atom stereocenters. The molecule has 1 aliphatic heterocycles. The van der Waals surface area contributed by atoms with Crippen molar-refractivity contribution in [2.75, 3.05) is 29.0 Å². The number of alkyl halides is 3. The van der Waals surface area contributed by atoms with Crippen LogP contribution in [0.15, 0.2) is 30.5 Å². The Morgan fingerprint density at radius 1 is 1.29 bits per heavy atom. The van der Waals surface area contributed by atoms with Crippen LogP contribution >= 0.6 is 11.6 Å². The Kier molecular flexibility index (Phi) is 6.41. The first-order valence-corrected chi connectivity index (χ1v) is 10.4. The summed E-state index contributed by atoms with van der Waals surface area (Å²) in [4.78, 5) is 25.7. The number of hydrogen-bond donors (Lipinski definition) is 3. The Morgan fingerprint density at radius 2 is 2.06 bits per heavy atom. The third kappa shape index (κ3) is 5.11. The first-order valence-electron chi connectivity index (χ1n) is 10.0. The number of hydrogen-bond acceptors (Lipinski definition) is 8. The van der Waals surface area contributed by atoms with Gasteiger partial charge in [-0.15, -0.1) is 5.10 Å². The Morgan fingerprint density at radius 3 is 2.79 bits per heavy atom. The van der Waals surface area contributed by atoms with Crippen LogP contribution in [-0.4, -0.2) is 55.9 Å². The van der Waals surface area contributed by atoms with Crippen LogP contribution in [-0.2, 0) is 4.79 Å². The molecule has 4 rings (SSSR count). The molecule has 15 heteroatoms. The molecular weight excluding hydrogens is 482 g/mol. The van der Waals surface area contributed by atoms with Crippen LogP contribution < -0.4 is 21.3 Å². The van der Waals surface area contributed by atoms with E-state index in [0.29, 0.717) is 17.1 Å². The fourth-order valence-electron chi connectivity index (χ4n) is 3.46. The van der Waals surface area contributed by atoms with Crippen molar-refractivity contribution in [3.8, 4) is 5.95 Å². The Hall–Kier alpha value is -3.68. The molecule has 1 aliphatic rings. The summed E-state index contributed by atoms with van der Waals surface area (Å²) in [5.41, 5.74) is 6.44. The SMILES string of the molecule is Nc1nc(Nc2ccccc2Cl)nn1-c1ncc(F)c(N2CCC[C@@H]2C(=O)NCC(F)(F)F)n1.[HH].[HH].[HH].[HH]. The summed E-state index contributed by atoms with van der Waals surface area (Å²) >= 11 is 6.11. The van der Waals surface area contributed by atoms with Crippen molar-refractivity contribution in [1.29, 1.82) is 0 Å². The van der Waals surface area contributed by atoms with Crippen molar-refractivity contribution in [1.82, 2.24) is 30.0 Å². The predicted octanol–water partition coefficient (Wildman–Crippen LogP) is 3.81. The van der Waals surface area contributed by atoms with E-state index in [1.54, 1.807) is 24.3 Å². The highest BCUT2D eigenvalue weighted by Crippen LogP contribution is 2.28. The topological polar surface area (TPSA) is 127 Å². The highest BCUT2D eigenvalue weighted by Gasteiger charge is 2.36. The standard InChI is InChI=1S/C19H18ClF4N9O.4H2/c20-10-4-1-2-5-12(10)28-17-30-16(25)33(31-17)18-26-8-11(21)14(29-18)32-7-3-6-13(32)15(34)27-9-19(22,23)24;;;;/h1-2,4-5,8,13H,3,6-7,9H2,(H,27,34)(H3,25,28,30,31);4*1H/t13-;;;;/m1..../s1. The summed E-state index contributed by atoms with van der Waals surface area (Å²) in [7, 11) is 0. The molecule has 4 N–H and O–H groups in total. The monoisotopic (exact) mass is 507 g/mol. The molecule has 1 aromatic carbocycles. The zero-order valence-electron chi connectivity index (χ0n) is 17.4. The lowest BCUT2D eigenvalue weighted by atomic mass is 10.2. The first kappa shape index (κ1) is 23.5. The third-order valence-electron chi connectivity index (χ3n) is 4.95. The average molecular weight is 508 g/mol. The fraction of sp³-hybridized carbons (Fsp3) is 0.316. The van der Waals surface area contributed by atoms with E-state index in [0.717, 1.165) is 10.9 Å². The second-order valence-electron chi connectivity index (χ2n) is 7.34. The van der Waals surface area contributed by atoms with E-state index in [4.69, 9.17) is 17.3 Å². The zero-order valence-corrected chi connectivity index (χ0v) is 18.1. The van der Waals surface area contributed by atoms with Gasteiger partial charge in [-0.3, -0.25) is 4.79 Å². The average Bonchev–Trinajstić information content (AvgIpc) is 3.40. The molecule has 0 aliphatic carbocycles. The van der Waals surface area contributed by atoms with Crippen LogP contribution in [0.1, 0.15) is 18.5 Å². The number of nitrogens with zero attached hydrogens (tertiary/aromatic N) is 6. The molecule has 1 atom stereocenters. The highest BCUT2D eigenvalue weighted by molar-refractivity contribution is 6.33. The normalized spacial score (nSPS) is 16.0. The number of nitrogens with one attached hydrogen (secondary N) is 2. The molecule has 34 heavy (non-hydrogen) atoms. The number of aromatic nitrogens is 5. The van der Waals surface area contributed by atoms with E-state index in [1.807, 2.05) is 5.32 Å². The lowest BCUT2D eigenvalue weighted by Crippen LogP contribution is -2.46. The van der Waals surface area contributed by atoms with Gasteiger partial charge in [0, 0.05) is 12.3 Å². The van der Waals surface area contributed by atoms with Crippen LogP contribution in [0.4, 0.5) is 41.0 Å². The number of amides is 1. The Bertz CT molecular complexity index is 1220. The molecule has 2 aromatic heterocycles. The Labute approximate surface area is 201 Å². The first-order chi connectivity index (χ1) is 16.1. The van der Waals surface area contributed by atoms with Crippen molar-refractivity contribution in [3.63, 3.8) is 0 Å². The van der Waals surface area contributed by atoms with Gasteiger partial charge in [0.2, 0.25) is 17.8 Å². The van der Waals surface area contributed by atoms with E-state index < -0.39 is 30.5 Å². The molecule has 0 radical (unpaired) electrons. The van der Waals surface area contributed by atoms with Gasteiger partial charge in [0.05, 0.1) is 16.9 Å². The van der Waals surface area contributed by atoms with Crippen LogP contribution in [0.3, 0.4) is 0 Å². The summed E-state index contributed by atoms with van der Waals surface area (Å²) in [5, 5.41) is 9.31. The highest BCUT2D eigenvalue weighted by atomic mass is 35.5. The number of benzene rings is 1. The van der Waals surface area contributed by atoms with Crippen molar-refractivity contribution >= 4 is 40.9 Å². The van der Waals surface area contributed by atoms with E-state index in [1.165, 1.54) is 4.90 Å². The van der Waals surface area contributed by atoms with E-state index in [-0.39, 0.29) is 42.3 Å². The summed E-state index contributed by atoms with van der Waals surface area (Å²) < 4.78 is 53.1. The maximum absolute atomic E-state index is 14.6. The second-order valence-corrected chi connectivity index (χ2v) is 7.74. The van der Waals surface area contributed by atoms with Gasteiger partial charge in [-0.2, -0.15) is 27.8 Å². The van der Waals surface area contributed by atoms with E-state index in [9.17, 15) is 22.4 Å². The number of para-hydroxylation sites is 1. The summed E-state index contributed by atoms with van der Waals surface area (Å²) in [6.07, 6.45) is -3.00. The van der Waals surface area contributed by atoms with Gasteiger partial charge in [-0.25, -0.2) is 9.37 Å². The molecule has 3 aromatic rings. The van der Waals surface area contributed by atoms with Crippen molar-refractivity contribution < 1.29 is 28.1 Å². The van der Waals surface area contributed by atoms with Gasteiger partial charge in [-0.1, -0.05) is 23.7 Å². The number of carbonyl (C=O) groups is 1. The summed E-state index contributed by atoms with van der Waals surface area (Å²) in [5.74, 6) is -2.17. The predicted molar refractivity (Wildman–Crippen MR) is 124 cm³/mol. The maximum atomic E-state index is 14.6. The smallest absolute Gasteiger partial charge is 0.368 e. The van der Waals surface area contributed by atoms with Gasteiger partial charge in [0.25, 0.3) is 5.95 Å². The van der Waals surface area contributed by atoms with Gasteiger partial charge in [0.15, 0.2) is 11.6 Å². The van der Waals surface area contributed by atoms with Gasteiger partial charge >= 0.3 is 6.18 Å². The maximum Gasteiger partial charge on any atom is 0.405 e. The van der Waals surface area contributed by atoms with Gasteiger partial charge < -0.3 is 21.3 Å². The molecule has 1 saturated heterocycles. The minimum absolute atomic E-state index is 0. The quantitative estimate of drug-likeness (QED) is 0.430. The Balaban J connectivity index is 0.00000342. The summed E-state index contributed by atoms with van der Waals surface area (Å²) in [6.45, 7) is -1.27. The van der Waals surface area contributed by atoms with Gasteiger partial charge in [-0.05, 0) is 25.0 Å². The molecular formula is C19H26ClF4N9O. The van der Waals surface area contributed by atoms with Crippen molar-refractivity contribution in [3.05, 3.63) is 41.3 Å². The van der Waals surface area contributed by atoms with Crippen LogP contribution in [0.5, 0.6) is 0 Å². The third-order valence-corrected chi connectivity index (χ3v) is 5.27. The largest absolute Gasteiger partial charge is 0.405 e. The van der Waals surface area contributed by atoms with Crippen LogP contribution in [0.2, 0.25) is 5.02 Å². The minimum atomic E-state index is -4.56. The number of nitrogen functional groups attached to an aromatic ring is 1. The molecule has 1 fully saturated rings. The lowest BCUT2D eigenvalue weighted by molar-refractivity contribution is -0.139. The van der Waals surface area contributed by atoms with Crippen molar-refractivity contribution in [2.45, 2.75) is 25.1 Å². The molecule has 0 bridgehead atoms. The number of nitrogens with two attached hydrogens (primary N) is 1. The number of halogens is 5. The van der Waals surface area contributed by atoms with E-state index >= 15 is 0 Å². The molecule has 188 valence electrons. The number of carbonyl (C=O) groups excluding carboxylic acids is 1. The molecule has 0 spiro atoms. The summed E-state index contributed by atoms with van der Waals surface area (Å²) in [6, 6.07) is 5.84. The number of rotatable bonds is 6. The number of anilines is 4. The molecule has 10 nitrogen and oxygen atoms in total. The second kappa shape index (κ2) is 9.29. The van der Waals surface area contributed by atoms with Gasteiger partial charge in [0.1, 0.15) is 12.6 Å². The minimum Gasteiger partial charge on any atom is -0.368 e. The van der Waals surface area contributed by atoms with Crippen molar-refractivity contribution in [2.24, 2.45) is 0 Å². The fourth-order valence-corrected chi connectivity index (χ4v) is 3.64. The molecule has 3 heterocycles. The molecule has 1 amide bonds.